The molecule has 0 bridgehead atoms. The van der Waals surface area contributed by atoms with Gasteiger partial charge in [-0.15, -0.1) is 0 Å². The van der Waals surface area contributed by atoms with Crippen LogP contribution in [0.25, 0.3) is 0 Å². The van der Waals surface area contributed by atoms with Gasteiger partial charge < -0.3 is 19.9 Å². The SMILES string of the molecule is COC(=O)c1ccc(S(=O)(=O)C(C)C)c(C2NCCC2C(=O)OC)c1.O=C(O)C(F)(F)F. The maximum atomic E-state index is 12.7. The predicted molar refractivity (Wildman–Crippen MR) is 105 cm³/mol. The van der Waals surface area contributed by atoms with Crippen LogP contribution in [-0.2, 0) is 28.9 Å². The molecule has 0 amide bonds. The fourth-order valence-electron chi connectivity index (χ4n) is 2.98. The number of carbonyl (C=O) groups excluding carboxylic acids is 2. The molecule has 1 saturated heterocycles. The van der Waals surface area contributed by atoms with E-state index in [-0.39, 0.29) is 10.5 Å². The van der Waals surface area contributed by atoms with Crippen molar-refractivity contribution < 1.29 is 50.6 Å². The van der Waals surface area contributed by atoms with Gasteiger partial charge in [0.25, 0.3) is 0 Å². The Bertz CT molecular complexity index is 960. The van der Waals surface area contributed by atoms with Crippen LogP contribution in [0, 0.1) is 5.92 Å². The largest absolute Gasteiger partial charge is 0.490 e. The first-order valence-electron chi connectivity index (χ1n) is 9.25. The molecule has 0 spiro atoms. The van der Waals surface area contributed by atoms with Crippen molar-refractivity contribution in [3.05, 3.63) is 29.3 Å². The molecule has 180 valence electrons. The lowest BCUT2D eigenvalue weighted by Crippen LogP contribution is -2.27. The van der Waals surface area contributed by atoms with Gasteiger partial charge in [0.1, 0.15) is 0 Å². The predicted octanol–water partition coefficient (Wildman–Crippen LogP) is 2.11. The first kappa shape index (κ1) is 27.4. The average Bonchev–Trinajstić information content (AvgIpc) is 3.21. The van der Waals surface area contributed by atoms with E-state index in [1.807, 2.05) is 0 Å². The van der Waals surface area contributed by atoms with Crippen molar-refractivity contribution in [1.82, 2.24) is 5.32 Å². The summed E-state index contributed by atoms with van der Waals surface area (Å²) < 4.78 is 66.8. The summed E-state index contributed by atoms with van der Waals surface area (Å²) in [7, 11) is -1.04. The number of ether oxygens (including phenoxy) is 2. The standard InChI is InChI=1S/C17H23NO6S.C2HF3O2/c1-10(2)25(21,22)14-6-5-11(16(19)23-3)9-13(14)15-12(7-8-18-15)17(20)24-4;3-2(4,5)1(6)7/h5-6,9-10,12,15,18H,7-8H2,1-4H3;(H,6,7). The highest BCUT2D eigenvalue weighted by Gasteiger charge is 2.39. The van der Waals surface area contributed by atoms with Crippen LogP contribution in [0.2, 0.25) is 0 Å². The number of aliphatic carboxylic acids is 1. The third-order valence-corrected chi connectivity index (χ3v) is 6.89. The van der Waals surface area contributed by atoms with Crippen molar-refractivity contribution in [2.24, 2.45) is 5.92 Å². The lowest BCUT2D eigenvalue weighted by molar-refractivity contribution is -0.192. The molecule has 1 fully saturated rings. The Kier molecular flexibility index (Phi) is 9.21. The van der Waals surface area contributed by atoms with Crippen LogP contribution in [0.4, 0.5) is 13.2 Å². The number of benzene rings is 1. The van der Waals surface area contributed by atoms with Crippen molar-refractivity contribution in [3.63, 3.8) is 0 Å². The third kappa shape index (κ3) is 6.42. The molecule has 13 heteroatoms. The van der Waals surface area contributed by atoms with Gasteiger partial charge in [0, 0.05) is 6.04 Å². The fourth-order valence-corrected chi connectivity index (χ4v) is 4.26. The number of alkyl halides is 3. The van der Waals surface area contributed by atoms with Crippen molar-refractivity contribution in [1.29, 1.82) is 0 Å². The highest BCUT2D eigenvalue weighted by Crippen LogP contribution is 2.36. The van der Waals surface area contributed by atoms with Crippen molar-refractivity contribution in [3.8, 4) is 0 Å². The van der Waals surface area contributed by atoms with Gasteiger partial charge in [0.15, 0.2) is 9.84 Å². The van der Waals surface area contributed by atoms with E-state index >= 15 is 0 Å². The number of carboxylic acids is 1. The van der Waals surface area contributed by atoms with E-state index in [2.05, 4.69) is 5.32 Å². The van der Waals surface area contributed by atoms with Crippen molar-refractivity contribution in [2.45, 2.75) is 42.6 Å². The molecule has 1 aromatic carbocycles. The molecule has 1 heterocycles. The Labute approximate surface area is 182 Å². The second-order valence-corrected chi connectivity index (χ2v) is 9.46. The first-order chi connectivity index (χ1) is 14.7. The zero-order chi connectivity index (χ0) is 24.9. The van der Waals surface area contributed by atoms with Gasteiger partial charge in [-0.05, 0) is 50.6 Å². The van der Waals surface area contributed by atoms with E-state index in [0.29, 0.717) is 18.5 Å². The van der Waals surface area contributed by atoms with Crippen molar-refractivity contribution in [2.75, 3.05) is 20.8 Å². The molecule has 0 aromatic heterocycles. The number of sulfone groups is 1. The topological polar surface area (TPSA) is 136 Å². The maximum absolute atomic E-state index is 12.7. The number of esters is 2. The normalized spacial score (nSPS) is 18.5. The van der Waals surface area contributed by atoms with Gasteiger partial charge in [-0.1, -0.05) is 0 Å². The van der Waals surface area contributed by atoms with E-state index in [4.69, 9.17) is 19.4 Å². The molecule has 0 saturated carbocycles. The minimum absolute atomic E-state index is 0.114. The van der Waals surface area contributed by atoms with Crippen LogP contribution < -0.4 is 5.32 Å². The summed E-state index contributed by atoms with van der Waals surface area (Å²) >= 11 is 0. The van der Waals surface area contributed by atoms with Crippen LogP contribution in [0.5, 0.6) is 0 Å². The van der Waals surface area contributed by atoms with Gasteiger partial charge >= 0.3 is 24.1 Å². The average molecular weight is 483 g/mol. The van der Waals surface area contributed by atoms with Crippen LogP contribution >= 0.6 is 0 Å². The molecule has 2 rings (SSSR count). The van der Waals surface area contributed by atoms with E-state index < -0.39 is 51.1 Å². The highest BCUT2D eigenvalue weighted by atomic mass is 32.2. The molecule has 1 aliphatic rings. The molecule has 2 atom stereocenters. The maximum Gasteiger partial charge on any atom is 0.490 e. The molecular formula is C19H24F3NO8S. The second kappa shape index (κ2) is 10.8. The van der Waals surface area contributed by atoms with Crippen molar-refractivity contribution >= 4 is 27.7 Å². The Morgan fingerprint density at radius 3 is 2.16 bits per heavy atom. The summed E-state index contributed by atoms with van der Waals surface area (Å²) in [5, 5.41) is 9.65. The van der Waals surface area contributed by atoms with Gasteiger partial charge in [0.2, 0.25) is 0 Å². The molecule has 1 aromatic rings. The summed E-state index contributed by atoms with van der Waals surface area (Å²) in [5.74, 6) is -4.25. The molecule has 0 radical (unpaired) electrons. The molecule has 1 aliphatic heterocycles. The summed E-state index contributed by atoms with van der Waals surface area (Å²) in [6, 6.07) is 3.78. The molecule has 2 unspecified atom stereocenters. The number of rotatable bonds is 5. The molecule has 32 heavy (non-hydrogen) atoms. The number of carbonyl (C=O) groups is 3. The van der Waals surface area contributed by atoms with E-state index in [0.717, 1.165) is 0 Å². The molecule has 0 aliphatic carbocycles. The van der Waals surface area contributed by atoms with Gasteiger partial charge in [0.05, 0.1) is 35.8 Å². The molecule has 2 N–H and O–H groups in total. The van der Waals surface area contributed by atoms with Gasteiger partial charge in [-0.25, -0.2) is 18.0 Å². The van der Waals surface area contributed by atoms with E-state index in [1.165, 1.54) is 32.4 Å². The number of hydrogen-bond acceptors (Lipinski definition) is 8. The molecule has 9 nitrogen and oxygen atoms in total. The Balaban J connectivity index is 0.000000633. The quantitative estimate of drug-likeness (QED) is 0.604. The molecular weight excluding hydrogens is 459 g/mol. The lowest BCUT2D eigenvalue weighted by Gasteiger charge is -2.22. The number of methoxy groups -OCH3 is 2. The number of hydrogen-bond donors (Lipinski definition) is 2. The lowest BCUT2D eigenvalue weighted by atomic mass is 9.93. The Morgan fingerprint density at radius 1 is 1.16 bits per heavy atom. The summed E-state index contributed by atoms with van der Waals surface area (Å²) in [6.07, 6.45) is -4.55. The smallest absolute Gasteiger partial charge is 0.475 e. The van der Waals surface area contributed by atoms with E-state index in [1.54, 1.807) is 13.8 Å². The number of carboxylic acid groups (broad SMARTS) is 1. The summed E-state index contributed by atoms with van der Waals surface area (Å²) in [6.45, 7) is 3.73. The minimum Gasteiger partial charge on any atom is -0.475 e. The minimum atomic E-state index is -5.08. The van der Waals surface area contributed by atoms with Gasteiger partial charge in [-0.2, -0.15) is 13.2 Å². The van der Waals surface area contributed by atoms with Crippen LogP contribution in [0.15, 0.2) is 23.1 Å². The monoisotopic (exact) mass is 483 g/mol. The summed E-state index contributed by atoms with van der Waals surface area (Å²) in [5.41, 5.74) is 0.627. The van der Waals surface area contributed by atoms with E-state index in [9.17, 15) is 31.2 Å². The second-order valence-electron chi connectivity index (χ2n) is 6.99. The number of halogens is 3. The zero-order valence-electron chi connectivity index (χ0n) is 17.7. The Morgan fingerprint density at radius 2 is 1.72 bits per heavy atom. The van der Waals surface area contributed by atoms with Crippen LogP contribution in [0.1, 0.15) is 42.2 Å². The zero-order valence-corrected chi connectivity index (χ0v) is 18.5. The van der Waals surface area contributed by atoms with Gasteiger partial charge in [-0.3, -0.25) is 4.79 Å². The van der Waals surface area contributed by atoms with Crippen LogP contribution in [-0.4, -0.2) is 63.6 Å². The third-order valence-electron chi connectivity index (χ3n) is 4.66. The van der Waals surface area contributed by atoms with Crippen LogP contribution in [0.3, 0.4) is 0 Å². The summed E-state index contributed by atoms with van der Waals surface area (Å²) in [4.78, 5) is 32.9. The number of nitrogens with one attached hydrogen (secondary N) is 1. The fraction of sp³-hybridized carbons (Fsp3) is 0.526. The Hall–Kier alpha value is -2.67. The first-order valence-corrected chi connectivity index (χ1v) is 10.8. The highest BCUT2D eigenvalue weighted by molar-refractivity contribution is 7.92.